The normalized spacial score (nSPS) is 16.6. The highest BCUT2D eigenvalue weighted by molar-refractivity contribution is 7.80. The maximum Gasteiger partial charge on any atom is 0.170 e. The van der Waals surface area contributed by atoms with Gasteiger partial charge in [-0.3, -0.25) is 0 Å². The number of hydrogen-bond donors (Lipinski definition) is 7. The fourth-order valence-electron chi connectivity index (χ4n) is 1.58. The lowest BCUT2D eigenvalue weighted by molar-refractivity contribution is -0.113. The minimum absolute atomic E-state index is 0.130. The summed E-state index contributed by atoms with van der Waals surface area (Å²) in [5, 5.41) is 52.4. The van der Waals surface area contributed by atoms with Gasteiger partial charge in [0, 0.05) is 12.2 Å². The maximum atomic E-state index is 9.69. The molecular weight excluding hydrogens is 296 g/mol. The first kappa shape index (κ1) is 17.8. The Morgan fingerprint density at radius 1 is 1.00 bits per heavy atom. The van der Waals surface area contributed by atoms with Crippen molar-refractivity contribution in [2.45, 2.75) is 24.4 Å². The van der Waals surface area contributed by atoms with Gasteiger partial charge in [0.05, 0.1) is 12.7 Å². The third-order valence-corrected chi connectivity index (χ3v) is 3.08. The zero-order valence-corrected chi connectivity index (χ0v) is 12.1. The van der Waals surface area contributed by atoms with Gasteiger partial charge in [0.2, 0.25) is 0 Å². The largest absolute Gasteiger partial charge is 0.394 e. The minimum Gasteiger partial charge on any atom is -0.394 e. The smallest absolute Gasteiger partial charge is 0.170 e. The molecule has 0 spiro atoms. The molecule has 0 amide bonds. The summed E-state index contributed by atoms with van der Waals surface area (Å²) < 4.78 is 0. The molecule has 21 heavy (non-hydrogen) atoms. The maximum absolute atomic E-state index is 9.69. The summed E-state index contributed by atoms with van der Waals surface area (Å²) in [7, 11) is 0. The van der Waals surface area contributed by atoms with E-state index < -0.39 is 31.0 Å². The van der Waals surface area contributed by atoms with Gasteiger partial charge in [0.25, 0.3) is 0 Å². The van der Waals surface area contributed by atoms with E-state index in [4.69, 9.17) is 17.3 Å². The molecule has 7 N–H and O–H groups in total. The minimum atomic E-state index is -1.65. The van der Waals surface area contributed by atoms with E-state index in [1.807, 2.05) is 18.2 Å². The molecule has 7 nitrogen and oxygen atoms in total. The van der Waals surface area contributed by atoms with Crippen LogP contribution >= 0.6 is 12.2 Å². The van der Waals surface area contributed by atoms with Gasteiger partial charge in [0.1, 0.15) is 18.3 Å². The Hall–Kier alpha value is -1.29. The van der Waals surface area contributed by atoms with Crippen molar-refractivity contribution in [3.63, 3.8) is 0 Å². The van der Waals surface area contributed by atoms with Crippen molar-refractivity contribution in [1.82, 2.24) is 5.32 Å². The van der Waals surface area contributed by atoms with E-state index in [1.165, 1.54) is 0 Å². The number of aliphatic hydroxyl groups excluding tert-OH is 5. The molecule has 0 radical (unpaired) electrons. The third kappa shape index (κ3) is 5.92. The van der Waals surface area contributed by atoms with Crippen molar-refractivity contribution in [1.29, 1.82) is 0 Å². The highest BCUT2D eigenvalue weighted by Crippen LogP contribution is 2.06. The predicted octanol–water partition coefficient (Wildman–Crippen LogP) is -1.59. The topological polar surface area (TPSA) is 125 Å². The molecule has 0 aliphatic heterocycles. The highest BCUT2D eigenvalue weighted by atomic mass is 32.1. The number of anilines is 1. The van der Waals surface area contributed by atoms with E-state index in [9.17, 15) is 20.4 Å². The second-order valence-electron chi connectivity index (χ2n) is 4.50. The molecule has 0 aromatic heterocycles. The summed E-state index contributed by atoms with van der Waals surface area (Å²) in [6.45, 7) is -0.846. The summed E-state index contributed by atoms with van der Waals surface area (Å²) in [5.74, 6) is 0. The van der Waals surface area contributed by atoms with Crippen molar-refractivity contribution in [2.24, 2.45) is 0 Å². The van der Waals surface area contributed by atoms with E-state index in [-0.39, 0.29) is 11.7 Å². The third-order valence-electron chi connectivity index (χ3n) is 2.83. The average Bonchev–Trinajstić information content (AvgIpc) is 2.51. The van der Waals surface area contributed by atoms with Gasteiger partial charge < -0.3 is 36.2 Å². The number of para-hydroxylation sites is 1. The van der Waals surface area contributed by atoms with Crippen molar-refractivity contribution >= 4 is 23.0 Å². The highest BCUT2D eigenvalue weighted by Gasteiger charge is 2.29. The van der Waals surface area contributed by atoms with Crippen LogP contribution in [0, 0.1) is 0 Å². The van der Waals surface area contributed by atoms with Crippen molar-refractivity contribution in [3.8, 4) is 0 Å². The molecule has 0 saturated carbocycles. The van der Waals surface area contributed by atoms with Crippen LogP contribution in [-0.4, -0.2) is 68.2 Å². The average molecular weight is 316 g/mol. The fraction of sp³-hybridized carbons (Fsp3) is 0.462. The van der Waals surface area contributed by atoms with Gasteiger partial charge in [-0.05, 0) is 24.4 Å². The van der Waals surface area contributed by atoms with Crippen LogP contribution in [0.4, 0.5) is 5.69 Å². The summed E-state index contributed by atoms with van der Waals surface area (Å²) in [4.78, 5) is 0. The van der Waals surface area contributed by atoms with Crippen LogP contribution in [0.2, 0.25) is 0 Å². The van der Waals surface area contributed by atoms with Gasteiger partial charge in [-0.2, -0.15) is 0 Å². The number of hydrogen-bond acceptors (Lipinski definition) is 6. The van der Waals surface area contributed by atoms with Crippen LogP contribution in [0.3, 0.4) is 0 Å². The number of nitrogens with one attached hydrogen (secondary N) is 2. The zero-order valence-electron chi connectivity index (χ0n) is 11.3. The lowest BCUT2D eigenvalue weighted by atomic mass is 10.0. The van der Waals surface area contributed by atoms with Gasteiger partial charge in [-0.1, -0.05) is 18.2 Å². The van der Waals surface area contributed by atoms with Crippen molar-refractivity contribution < 1.29 is 25.5 Å². The van der Waals surface area contributed by atoms with Crippen LogP contribution in [0.25, 0.3) is 0 Å². The molecule has 8 heteroatoms. The standard InChI is InChI=1S/C13H20N2O5S/c16-7-10(18)12(20)11(19)9(17)6-14-13(21)15-8-4-2-1-3-5-8/h1-5,9-12,16-20H,6-7H2,(H2,14,15,21)/t9-,10+,11+,12+/m0/s1. The van der Waals surface area contributed by atoms with Gasteiger partial charge in [-0.25, -0.2) is 0 Å². The Balaban J connectivity index is 2.38. The summed E-state index contributed by atoms with van der Waals surface area (Å²) in [6.07, 6.45) is -6.15. The molecule has 0 bridgehead atoms. The summed E-state index contributed by atoms with van der Waals surface area (Å²) in [6, 6.07) is 9.13. The molecule has 0 saturated heterocycles. The Bertz CT molecular complexity index is 434. The molecule has 0 fully saturated rings. The second kappa shape index (κ2) is 8.88. The van der Waals surface area contributed by atoms with Crippen LogP contribution in [0.15, 0.2) is 30.3 Å². The van der Waals surface area contributed by atoms with Crippen molar-refractivity contribution in [3.05, 3.63) is 30.3 Å². The Morgan fingerprint density at radius 2 is 1.57 bits per heavy atom. The van der Waals surface area contributed by atoms with Crippen molar-refractivity contribution in [2.75, 3.05) is 18.5 Å². The quantitative estimate of drug-likeness (QED) is 0.300. The molecule has 0 aliphatic rings. The molecule has 118 valence electrons. The van der Waals surface area contributed by atoms with Crippen LogP contribution in [0.5, 0.6) is 0 Å². The number of benzene rings is 1. The predicted molar refractivity (Wildman–Crippen MR) is 81.8 cm³/mol. The van der Waals surface area contributed by atoms with E-state index in [0.29, 0.717) is 0 Å². The lowest BCUT2D eigenvalue weighted by Crippen LogP contribution is -2.50. The number of rotatable bonds is 7. The Kier molecular flexibility index (Phi) is 7.51. The monoisotopic (exact) mass is 316 g/mol. The Labute approximate surface area is 127 Å². The van der Waals surface area contributed by atoms with E-state index in [0.717, 1.165) is 5.69 Å². The van der Waals surface area contributed by atoms with Gasteiger partial charge in [0.15, 0.2) is 5.11 Å². The molecule has 0 aliphatic carbocycles. The first-order valence-electron chi connectivity index (χ1n) is 6.38. The Morgan fingerprint density at radius 3 is 2.14 bits per heavy atom. The molecule has 1 rings (SSSR count). The number of aliphatic hydroxyl groups is 5. The SMILES string of the molecule is OC[C@@H](O)[C@@H](O)[C@H](O)[C@@H](O)CNC(=S)Nc1ccccc1. The second-order valence-corrected chi connectivity index (χ2v) is 4.91. The van der Waals surface area contributed by atoms with Crippen LogP contribution < -0.4 is 10.6 Å². The molecule has 1 aromatic carbocycles. The number of thiocarbonyl (C=S) groups is 1. The van der Waals surface area contributed by atoms with E-state index in [2.05, 4.69) is 10.6 Å². The molecule has 4 atom stereocenters. The molecule has 0 unspecified atom stereocenters. The fourth-order valence-corrected chi connectivity index (χ4v) is 1.78. The summed E-state index contributed by atoms with van der Waals surface area (Å²) in [5.41, 5.74) is 0.765. The lowest BCUT2D eigenvalue weighted by Gasteiger charge is -2.26. The molecular formula is C13H20N2O5S. The molecule has 1 aromatic rings. The van der Waals surface area contributed by atoms with Crippen LogP contribution in [0.1, 0.15) is 0 Å². The first-order chi connectivity index (χ1) is 9.95. The van der Waals surface area contributed by atoms with Crippen LogP contribution in [-0.2, 0) is 0 Å². The van der Waals surface area contributed by atoms with E-state index >= 15 is 0 Å². The zero-order chi connectivity index (χ0) is 15.8. The van der Waals surface area contributed by atoms with Gasteiger partial charge in [-0.15, -0.1) is 0 Å². The first-order valence-corrected chi connectivity index (χ1v) is 6.79. The van der Waals surface area contributed by atoms with Gasteiger partial charge >= 0.3 is 0 Å². The molecule has 0 heterocycles. The summed E-state index contributed by atoms with van der Waals surface area (Å²) >= 11 is 5.01. The van der Waals surface area contributed by atoms with E-state index in [1.54, 1.807) is 12.1 Å².